The smallest absolute Gasteiger partial charge is 0.338 e. The Morgan fingerprint density at radius 3 is 2.94 bits per heavy atom. The number of carboxylic acid groups (broad SMARTS) is 1. The first-order chi connectivity index (χ1) is 7.48. The average molecular weight is 230 g/mol. The lowest BCUT2D eigenvalue weighted by Crippen LogP contribution is -2.28. The second-order valence-electron chi connectivity index (χ2n) is 4.12. The number of rotatable bonds is 2. The molecule has 1 heterocycles. The molecule has 1 aliphatic carbocycles. The standard InChI is InChI=1S/C10H12F2N2O2/c11-10(12)3-1-2-8(4-10)14-6-7(5-13-14)9(15)16/h5-6,8H,1-4H2,(H,15,16). The molecule has 0 spiro atoms. The molecule has 0 amide bonds. The van der Waals surface area contributed by atoms with Crippen molar-refractivity contribution in [2.24, 2.45) is 0 Å². The topological polar surface area (TPSA) is 55.1 Å². The molecule has 1 aliphatic rings. The fourth-order valence-corrected chi connectivity index (χ4v) is 2.02. The highest BCUT2D eigenvalue weighted by atomic mass is 19.3. The lowest BCUT2D eigenvalue weighted by molar-refractivity contribution is -0.0512. The van der Waals surface area contributed by atoms with Crippen molar-refractivity contribution >= 4 is 5.97 Å². The summed E-state index contributed by atoms with van der Waals surface area (Å²) in [6, 6.07) is -0.392. The van der Waals surface area contributed by atoms with Crippen molar-refractivity contribution in [2.45, 2.75) is 37.6 Å². The van der Waals surface area contributed by atoms with Gasteiger partial charge in [-0.2, -0.15) is 5.10 Å². The van der Waals surface area contributed by atoms with E-state index >= 15 is 0 Å². The zero-order valence-electron chi connectivity index (χ0n) is 8.57. The molecule has 16 heavy (non-hydrogen) atoms. The van der Waals surface area contributed by atoms with Crippen LogP contribution in [0.4, 0.5) is 8.78 Å². The Morgan fingerprint density at radius 1 is 1.62 bits per heavy atom. The molecule has 0 aromatic carbocycles. The lowest BCUT2D eigenvalue weighted by atomic mass is 9.92. The summed E-state index contributed by atoms with van der Waals surface area (Å²) in [7, 11) is 0. The van der Waals surface area contributed by atoms with E-state index < -0.39 is 17.9 Å². The quantitative estimate of drug-likeness (QED) is 0.848. The summed E-state index contributed by atoms with van der Waals surface area (Å²) in [5.74, 6) is -3.74. The zero-order chi connectivity index (χ0) is 11.8. The number of nitrogens with zero attached hydrogens (tertiary/aromatic N) is 2. The average Bonchev–Trinajstić information content (AvgIpc) is 2.64. The second-order valence-corrected chi connectivity index (χ2v) is 4.12. The maximum Gasteiger partial charge on any atom is 0.338 e. The first-order valence-electron chi connectivity index (χ1n) is 5.13. The van der Waals surface area contributed by atoms with Gasteiger partial charge in [-0.05, 0) is 12.8 Å². The van der Waals surface area contributed by atoms with Gasteiger partial charge in [0.25, 0.3) is 0 Å². The Hall–Kier alpha value is -1.46. The van der Waals surface area contributed by atoms with Crippen molar-refractivity contribution in [3.8, 4) is 0 Å². The van der Waals surface area contributed by atoms with Crippen molar-refractivity contribution in [1.29, 1.82) is 0 Å². The predicted octanol–water partition coefficient (Wildman–Crippen LogP) is 2.33. The third kappa shape index (κ3) is 2.20. The van der Waals surface area contributed by atoms with Crippen LogP contribution in [-0.4, -0.2) is 26.8 Å². The number of aromatic nitrogens is 2. The normalized spacial score (nSPS) is 24.2. The summed E-state index contributed by atoms with van der Waals surface area (Å²) in [6.45, 7) is 0. The SMILES string of the molecule is O=C(O)c1cnn(C2CCCC(F)(F)C2)c1. The summed E-state index contributed by atoms with van der Waals surface area (Å²) in [6.07, 6.45) is 3.23. The van der Waals surface area contributed by atoms with Crippen LogP contribution in [0.15, 0.2) is 12.4 Å². The largest absolute Gasteiger partial charge is 0.478 e. The Morgan fingerprint density at radius 2 is 2.38 bits per heavy atom. The summed E-state index contributed by atoms with van der Waals surface area (Å²) in [5.41, 5.74) is 0.0360. The number of carbonyl (C=O) groups is 1. The fourth-order valence-electron chi connectivity index (χ4n) is 2.02. The van der Waals surface area contributed by atoms with Gasteiger partial charge >= 0.3 is 5.97 Å². The molecule has 88 valence electrons. The number of hydrogen-bond acceptors (Lipinski definition) is 2. The summed E-state index contributed by atoms with van der Waals surface area (Å²) in [5, 5.41) is 12.5. The number of aromatic carboxylic acids is 1. The molecule has 1 aromatic heterocycles. The van der Waals surface area contributed by atoms with Gasteiger partial charge in [-0.15, -0.1) is 0 Å². The maximum atomic E-state index is 13.1. The van der Waals surface area contributed by atoms with E-state index in [4.69, 9.17) is 5.11 Å². The van der Waals surface area contributed by atoms with Crippen LogP contribution < -0.4 is 0 Å². The highest BCUT2D eigenvalue weighted by Crippen LogP contribution is 2.38. The third-order valence-electron chi connectivity index (χ3n) is 2.84. The van der Waals surface area contributed by atoms with Gasteiger partial charge in [0, 0.05) is 19.0 Å². The van der Waals surface area contributed by atoms with Crippen molar-refractivity contribution in [3.05, 3.63) is 18.0 Å². The van der Waals surface area contributed by atoms with E-state index in [0.717, 1.165) is 0 Å². The van der Waals surface area contributed by atoms with Gasteiger partial charge in [-0.3, -0.25) is 4.68 Å². The lowest BCUT2D eigenvalue weighted by Gasteiger charge is -2.28. The van der Waals surface area contributed by atoms with Crippen molar-refractivity contribution in [1.82, 2.24) is 9.78 Å². The van der Waals surface area contributed by atoms with Gasteiger partial charge in [0.2, 0.25) is 5.92 Å². The molecule has 1 aromatic rings. The number of alkyl halides is 2. The molecule has 0 bridgehead atoms. The molecule has 0 radical (unpaired) electrons. The molecule has 6 heteroatoms. The number of halogens is 2. The Labute approximate surface area is 90.9 Å². The van der Waals surface area contributed by atoms with Gasteiger partial charge in [-0.1, -0.05) is 0 Å². The monoisotopic (exact) mass is 230 g/mol. The molecule has 2 rings (SSSR count). The van der Waals surface area contributed by atoms with E-state index in [9.17, 15) is 13.6 Å². The van der Waals surface area contributed by atoms with Crippen molar-refractivity contribution in [2.75, 3.05) is 0 Å². The van der Waals surface area contributed by atoms with Gasteiger partial charge in [0.1, 0.15) is 0 Å². The van der Waals surface area contributed by atoms with Gasteiger partial charge in [-0.25, -0.2) is 13.6 Å². The number of hydrogen-bond donors (Lipinski definition) is 1. The Balaban J connectivity index is 2.14. The summed E-state index contributed by atoms with van der Waals surface area (Å²) in [4.78, 5) is 10.6. The second kappa shape index (κ2) is 3.84. The summed E-state index contributed by atoms with van der Waals surface area (Å²) < 4.78 is 27.6. The van der Waals surface area contributed by atoms with Crippen molar-refractivity contribution in [3.63, 3.8) is 0 Å². The van der Waals surface area contributed by atoms with E-state index in [-0.39, 0.29) is 18.4 Å². The van der Waals surface area contributed by atoms with Crippen LogP contribution >= 0.6 is 0 Å². The van der Waals surface area contributed by atoms with Crippen LogP contribution in [0.1, 0.15) is 42.1 Å². The first kappa shape index (κ1) is 11.0. The minimum atomic E-state index is -2.65. The van der Waals surface area contributed by atoms with Crippen LogP contribution in [0.25, 0.3) is 0 Å². The maximum absolute atomic E-state index is 13.1. The molecule has 0 saturated heterocycles. The molecule has 1 fully saturated rings. The Bertz CT molecular complexity index is 403. The van der Waals surface area contributed by atoms with E-state index in [2.05, 4.69) is 5.10 Å². The highest BCUT2D eigenvalue weighted by molar-refractivity contribution is 5.86. The highest BCUT2D eigenvalue weighted by Gasteiger charge is 2.37. The van der Waals surface area contributed by atoms with Crippen LogP contribution in [0.3, 0.4) is 0 Å². The van der Waals surface area contributed by atoms with E-state index in [1.54, 1.807) is 0 Å². The molecule has 0 aliphatic heterocycles. The van der Waals surface area contributed by atoms with Crippen LogP contribution in [0.2, 0.25) is 0 Å². The third-order valence-corrected chi connectivity index (χ3v) is 2.84. The van der Waals surface area contributed by atoms with Crippen molar-refractivity contribution < 1.29 is 18.7 Å². The minimum Gasteiger partial charge on any atom is -0.478 e. The molecule has 1 saturated carbocycles. The number of carboxylic acids is 1. The molecular weight excluding hydrogens is 218 g/mol. The van der Waals surface area contributed by atoms with Crippen LogP contribution in [0, 0.1) is 0 Å². The molecular formula is C10H12F2N2O2. The molecule has 1 N–H and O–H groups in total. The minimum absolute atomic E-state index is 0.0360. The fraction of sp³-hybridized carbons (Fsp3) is 0.600. The Kier molecular flexibility index (Phi) is 2.65. The van der Waals surface area contributed by atoms with Gasteiger partial charge < -0.3 is 5.11 Å². The molecule has 4 nitrogen and oxygen atoms in total. The van der Waals surface area contributed by atoms with Gasteiger partial charge in [0.15, 0.2) is 0 Å². The van der Waals surface area contributed by atoms with E-state index in [1.165, 1.54) is 17.1 Å². The van der Waals surface area contributed by atoms with Crippen LogP contribution in [0.5, 0.6) is 0 Å². The van der Waals surface area contributed by atoms with Crippen LogP contribution in [-0.2, 0) is 0 Å². The first-order valence-corrected chi connectivity index (χ1v) is 5.13. The molecule has 1 unspecified atom stereocenters. The van der Waals surface area contributed by atoms with Gasteiger partial charge in [0.05, 0.1) is 17.8 Å². The zero-order valence-corrected chi connectivity index (χ0v) is 8.57. The summed E-state index contributed by atoms with van der Waals surface area (Å²) >= 11 is 0. The van der Waals surface area contributed by atoms with E-state index in [1.807, 2.05) is 0 Å². The van der Waals surface area contributed by atoms with E-state index in [0.29, 0.717) is 12.8 Å². The molecule has 1 atom stereocenters. The predicted molar refractivity (Wildman–Crippen MR) is 51.6 cm³/mol.